The number of aromatic nitrogens is 1. The largest absolute Gasteiger partial charge is 0.440 e. The van der Waals surface area contributed by atoms with E-state index in [1.807, 2.05) is 11.4 Å². The zero-order valence-electron chi connectivity index (χ0n) is 6.66. The van der Waals surface area contributed by atoms with Gasteiger partial charge >= 0.3 is 0 Å². The third kappa shape index (κ3) is 1.67. The maximum absolute atomic E-state index is 5.41. The molecule has 0 aliphatic rings. The summed E-state index contributed by atoms with van der Waals surface area (Å²) in [5.74, 6) is 1.32. The highest BCUT2D eigenvalue weighted by molar-refractivity contribution is 9.11. The molecular weight excluding hydrogens is 252 g/mol. The molecule has 13 heavy (non-hydrogen) atoms. The van der Waals surface area contributed by atoms with E-state index < -0.39 is 0 Å². The Kier molecular flexibility index (Phi) is 2.48. The molecule has 0 radical (unpaired) electrons. The Labute approximate surface area is 87.7 Å². The van der Waals surface area contributed by atoms with Crippen molar-refractivity contribution >= 4 is 27.3 Å². The Hall–Kier alpha value is -0.650. The van der Waals surface area contributed by atoms with Crippen LogP contribution in [0.15, 0.2) is 25.8 Å². The highest BCUT2D eigenvalue weighted by atomic mass is 79.9. The minimum Gasteiger partial charge on any atom is -0.440 e. The van der Waals surface area contributed by atoms with Crippen molar-refractivity contribution in [3.63, 3.8) is 0 Å². The van der Waals surface area contributed by atoms with Gasteiger partial charge < -0.3 is 10.2 Å². The molecular formula is C8H7BrN2OS. The topological polar surface area (TPSA) is 52.0 Å². The summed E-state index contributed by atoms with van der Waals surface area (Å²) in [6.45, 7) is 0.384. The van der Waals surface area contributed by atoms with E-state index in [2.05, 4.69) is 20.9 Å². The van der Waals surface area contributed by atoms with Crippen LogP contribution >= 0.6 is 27.3 Å². The maximum atomic E-state index is 5.41. The van der Waals surface area contributed by atoms with Crippen molar-refractivity contribution in [2.45, 2.75) is 6.54 Å². The van der Waals surface area contributed by atoms with Crippen molar-refractivity contribution in [1.29, 1.82) is 0 Å². The Balaban J connectivity index is 2.41. The Bertz CT molecular complexity index is 410. The monoisotopic (exact) mass is 258 g/mol. The summed E-state index contributed by atoms with van der Waals surface area (Å²) in [6, 6.07) is 1.96. The first-order chi connectivity index (χ1) is 6.31. The number of oxazole rings is 1. The van der Waals surface area contributed by atoms with E-state index in [1.54, 1.807) is 17.5 Å². The van der Waals surface area contributed by atoms with Gasteiger partial charge in [-0.05, 0) is 27.4 Å². The van der Waals surface area contributed by atoms with Gasteiger partial charge in [0.25, 0.3) is 0 Å². The summed E-state index contributed by atoms with van der Waals surface area (Å²) in [5, 5.41) is 1.98. The molecule has 0 saturated heterocycles. The van der Waals surface area contributed by atoms with Gasteiger partial charge in [-0.25, -0.2) is 4.98 Å². The van der Waals surface area contributed by atoms with E-state index in [-0.39, 0.29) is 0 Å². The van der Waals surface area contributed by atoms with Crippen molar-refractivity contribution in [3.05, 3.63) is 27.2 Å². The second kappa shape index (κ2) is 3.61. The van der Waals surface area contributed by atoms with Gasteiger partial charge in [-0.3, -0.25) is 0 Å². The highest BCUT2D eigenvalue weighted by Crippen LogP contribution is 2.32. The molecule has 0 bridgehead atoms. The lowest BCUT2D eigenvalue weighted by Gasteiger charge is -1.90. The number of halogens is 1. The first-order valence-electron chi connectivity index (χ1n) is 3.69. The normalized spacial score (nSPS) is 10.6. The van der Waals surface area contributed by atoms with Crippen molar-refractivity contribution in [2.24, 2.45) is 5.73 Å². The number of hydrogen-bond donors (Lipinski definition) is 1. The molecule has 0 aliphatic carbocycles. The van der Waals surface area contributed by atoms with E-state index in [4.69, 9.17) is 10.2 Å². The highest BCUT2D eigenvalue weighted by Gasteiger charge is 2.09. The van der Waals surface area contributed by atoms with E-state index in [9.17, 15) is 0 Å². The fourth-order valence-corrected chi connectivity index (χ4v) is 2.20. The lowest BCUT2D eigenvalue weighted by atomic mass is 10.3. The van der Waals surface area contributed by atoms with Crippen LogP contribution in [0, 0.1) is 0 Å². The average molecular weight is 259 g/mol. The van der Waals surface area contributed by atoms with Crippen LogP contribution < -0.4 is 5.73 Å². The lowest BCUT2D eigenvalue weighted by Crippen LogP contribution is -1.92. The Morgan fingerprint density at radius 2 is 2.46 bits per heavy atom. The van der Waals surface area contributed by atoms with Crippen LogP contribution in [0.3, 0.4) is 0 Å². The summed E-state index contributed by atoms with van der Waals surface area (Å²) in [4.78, 5) is 4.12. The minimum absolute atomic E-state index is 0.384. The van der Waals surface area contributed by atoms with E-state index in [0.29, 0.717) is 18.2 Å². The number of thiophene rings is 1. The first kappa shape index (κ1) is 8.93. The van der Waals surface area contributed by atoms with Crippen LogP contribution in [-0.4, -0.2) is 4.98 Å². The average Bonchev–Trinajstić information content (AvgIpc) is 2.71. The van der Waals surface area contributed by atoms with Gasteiger partial charge in [0.15, 0.2) is 0 Å². The molecule has 2 heterocycles. The third-order valence-electron chi connectivity index (χ3n) is 1.60. The van der Waals surface area contributed by atoms with Crippen molar-refractivity contribution < 1.29 is 4.42 Å². The molecule has 2 rings (SSSR count). The van der Waals surface area contributed by atoms with E-state index >= 15 is 0 Å². The summed E-state index contributed by atoms with van der Waals surface area (Å²) in [5.41, 5.74) is 6.39. The van der Waals surface area contributed by atoms with E-state index in [0.717, 1.165) is 9.35 Å². The summed E-state index contributed by atoms with van der Waals surface area (Å²) >= 11 is 5.02. The minimum atomic E-state index is 0.384. The fraction of sp³-hybridized carbons (Fsp3) is 0.125. The molecule has 68 valence electrons. The molecule has 2 aromatic heterocycles. The fourth-order valence-electron chi connectivity index (χ4n) is 0.973. The van der Waals surface area contributed by atoms with Crippen LogP contribution in [0.4, 0.5) is 0 Å². The summed E-state index contributed by atoms with van der Waals surface area (Å²) in [6.07, 6.45) is 1.65. The van der Waals surface area contributed by atoms with Gasteiger partial charge in [-0.2, -0.15) is 0 Å². The van der Waals surface area contributed by atoms with Gasteiger partial charge in [-0.15, -0.1) is 11.3 Å². The van der Waals surface area contributed by atoms with E-state index in [1.165, 1.54) is 0 Å². The molecule has 0 atom stereocenters. The quantitative estimate of drug-likeness (QED) is 0.901. The number of nitrogens with two attached hydrogens (primary N) is 1. The molecule has 0 saturated carbocycles. The molecule has 0 fully saturated rings. The third-order valence-corrected chi connectivity index (χ3v) is 3.29. The Morgan fingerprint density at radius 1 is 1.62 bits per heavy atom. The summed E-state index contributed by atoms with van der Waals surface area (Å²) < 4.78 is 6.42. The van der Waals surface area contributed by atoms with Crippen LogP contribution in [-0.2, 0) is 6.54 Å². The number of rotatable bonds is 2. The second-order valence-corrected chi connectivity index (χ2v) is 4.68. The van der Waals surface area contributed by atoms with Gasteiger partial charge in [0.1, 0.15) is 5.76 Å². The lowest BCUT2D eigenvalue weighted by molar-refractivity contribution is 0.521. The van der Waals surface area contributed by atoms with Crippen molar-refractivity contribution in [1.82, 2.24) is 4.98 Å². The van der Waals surface area contributed by atoms with Gasteiger partial charge in [-0.1, -0.05) is 0 Å². The van der Waals surface area contributed by atoms with Gasteiger partial charge in [0, 0.05) is 0 Å². The smallest absolute Gasteiger partial charge is 0.228 e. The van der Waals surface area contributed by atoms with Crippen LogP contribution in [0.1, 0.15) is 5.76 Å². The molecule has 0 aliphatic heterocycles. The van der Waals surface area contributed by atoms with Crippen molar-refractivity contribution in [3.8, 4) is 11.5 Å². The van der Waals surface area contributed by atoms with Crippen LogP contribution in [0.25, 0.3) is 11.5 Å². The summed E-state index contributed by atoms with van der Waals surface area (Å²) in [7, 11) is 0. The molecule has 0 unspecified atom stereocenters. The van der Waals surface area contributed by atoms with Gasteiger partial charge in [0.2, 0.25) is 5.89 Å². The molecule has 5 heteroatoms. The predicted octanol–water partition coefficient (Wildman–Crippen LogP) is 2.62. The molecule has 2 aromatic rings. The standard InChI is InChI=1S/C8H7BrN2OS/c9-7-6(1-2-13-7)8-11-4-5(3-10)12-8/h1-2,4H,3,10H2. The van der Waals surface area contributed by atoms with Crippen LogP contribution in [0.5, 0.6) is 0 Å². The number of nitrogens with zero attached hydrogens (tertiary/aromatic N) is 1. The molecule has 2 N–H and O–H groups in total. The molecule has 0 spiro atoms. The van der Waals surface area contributed by atoms with Gasteiger partial charge in [0.05, 0.1) is 22.1 Å². The molecule has 0 aromatic carbocycles. The maximum Gasteiger partial charge on any atom is 0.228 e. The zero-order valence-corrected chi connectivity index (χ0v) is 9.06. The first-order valence-corrected chi connectivity index (χ1v) is 5.36. The van der Waals surface area contributed by atoms with Crippen molar-refractivity contribution in [2.75, 3.05) is 0 Å². The molecule has 3 nitrogen and oxygen atoms in total. The van der Waals surface area contributed by atoms with Crippen LogP contribution in [0.2, 0.25) is 0 Å². The molecule has 0 amide bonds. The number of hydrogen-bond acceptors (Lipinski definition) is 4. The second-order valence-electron chi connectivity index (χ2n) is 2.44. The Morgan fingerprint density at radius 3 is 3.00 bits per heavy atom. The SMILES string of the molecule is NCc1cnc(-c2ccsc2Br)o1. The zero-order chi connectivity index (χ0) is 9.26. The predicted molar refractivity (Wildman–Crippen MR) is 55.4 cm³/mol.